The maximum Gasteiger partial charge on any atom is 0.331 e. The highest BCUT2D eigenvalue weighted by molar-refractivity contribution is 5.96. The van der Waals surface area contributed by atoms with E-state index in [1.54, 1.807) is 42.9 Å². The number of hydrogen-bond acceptors (Lipinski definition) is 5. The van der Waals surface area contributed by atoms with Gasteiger partial charge in [-0.15, -0.1) is 0 Å². The topological polar surface area (TPSA) is 95.5 Å². The van der Waals surface area contributed by atoms with E-state index in [2.05, 4.69) is 5.32 Å². The maximum atomic E-state index is 12.8. The van der Waals surface area contributed by atoms with E-state index in [-0.39, 0.29) is 11.2 Å². The van der Waals surface area contributed by atoms with Gasteiger partial charge in [0.25, 0.3) is 11.5 Å². The molecule has 3 rings (SSSR count). The van der Waals surface area contributed by atoms with Crippen molar-refractivity contribution in [2.75, 3.05) is 5.32 Å². The van der Waals surface area contributed by atoms with Crippen LogP contribution in [0.1, 0.15) is 18.4 Å². The molecule has 1 unspecified atom stereocenters. The number of nitrogens with zero attached hydrogens (tertiary/aromatic N) is 2. The lowest BCUT2D eigenvalue weighted by molar-refractivity contribution is -0.148. The highest BCUT2D eigenvalue weighted by Gasteiger charge is 2.22. The van der Waals surface area contributed by atoms with Crippen molar-refractivity contribution in [3.05, 3.63) is 76.6 Å². The highest BCUT2D eigenvalue weighted by Crippen LogP contribution is 2.14. The molecule has 0 spiro atoms. The molecule has 0 saturated heterocycles. The number of rotatable bonds is 6. The van der Waals surface area contributed by atoms with Crippen LogP contribution in [0.3, 0.4) is 0 Å². The van der Waals surface area contributed by atoms with Gasteiger partial charge in [0, 0.05) is 13.1 Å². The Morgan fingerprint density at radius 2 is 1.90 bits per heavy atom. The van der Waals surface area contributed by atoms with Gasteiger partial charge in [-0.1, -0.05) is 18.2 Å². The zero-order chi connectivity index (χ0) is 21.0. The van der Waals surface area contributed by atoms with Crippen molar-refractivity contribution in [3.63, 3.8) is 0 Å². The number of benzene rings is 1. The van der Waals surface area contributed by atoms with Crippen LogP contribution in [0.4, 0.5) is 5.69 Å². The number of amides is 1. The van der Waals surface area contributed by atoms with Crippen molar-refractivity contribution in [2.24, 2.45) is 7.05 Å². The standard InChI is InChI=1S/C21H21N3O5/c1-14-19(21(27)24(23(14)3)16-8-5-4-6-9-16)22-20(26)15(2)29-18(25)12-11-17-10-7-13-28-17/h4-13,15H,1-3H3,(H,22,26)/b12-11+. The van der Waals surface area contributed by atoms with Crippen LogP contribution in [-0.4, -0.2) is 27.3 Å². The van der Waals surface area contributed by atoms with Crippen LogP contribution in [-0.2, 0) is 21.4 Å². The molecule has 1 N–H and O–H groups in total. The molecule has 0 bridgehead atoms. The quantitative estimate of drug-likeness (QED) is 0.511. The summed E-state index contributed by atoms with van der Waals surface area (Å²) in [5, 5.41) is 2.57. The summed E-state index contributed by atoms with van der Waals surface area (Å²) in [6.45, 7) is 3.15. The molecule has 29 heavy (non-hydrogen) atoms. The van der Waals surface area contributed by atoms with Gasteiger partial charge >= 0.3 is 5.97 Å². The SMILES string of the molecule is Cc1c(NC(=O)C(C)OC(=O)/C=C/c2ccco2)c(=O)n(-c2ccccc2)n1C. The number of aromatic nitrogens is 2. The first kappa shape index (κ1) is 19.9. The third-order valence-corrected chi connectivity index (χ3v) is 4.39. The van der Waals surface area contributed by atoms with Crippen molar-refractivity contribution in [1.82, 2.24) is 9.36 Å². The summed E-state index contributed by atoms with van der Waals surface area (Å²) in [6.07, 6.45) is 2.99. The molecule has 1 amide bonds. The lowest BCUT2D eigenvalue weighted by Gasteiger charge is -2.11. The number of anilines is 1. The number of nitrogens with one attached hydrogen (secondary N) is 1. The van der Waals surface area contributed by atoms with E-state index in [1.807, 2.05) is 18.2 Å². The fourth-order valence-electron chi connectivity index (χ4n) is 2.74. The molecule has 0 fully saturated rings. The Morgan fingerprint density at radius 1 is 1.17 bits per heavy atom. The molecule has 0 aliphatic heterocycles. The first-order valence-corrected chi connectivity index (χ1v) is 8.95. The smallest absolute Gasteiger partial charge is 0.331 e. The van der Waals surface area contributed by atoms with Gasteiger partial charge in [0.2, 0.25) is 0 Å². The Bertz CT molecular complexity index is 1090. The van der Waals surface area contributed by atoms with Crippen molar-refractivity contribution in [3.8, 4) is 5.69 Å². The first-order valence-electron chi connectivity index (χ1n) is 8.95. The van der Waals surface area contributed by atoms with Crippen molar-refractivity contribution >= 4 is 23.6 Å². The molecule has 0 aliphatic carbocycles. The van der Waals surface area contributed by atoms with Crippen LogP contribution in [0, 0.1) is 6.92 Å². The molecule has 8 nitrogen and oxygen atoms in total. The predicted molar refractivity (Wildman–Crippen MR) is 108 cm³/mol. The molecule has 2 heterocycles. The summed E-state index contributed by atoms with van der Waals surface area (Å²) in [6, 6.07) is 12.4. The number of carbonyl (C=O) groups excluding carboxylic acids is 2. The number of esters is 1. The summed E-state index contributed by atoms with van der Waals surface area (Å²) in [5.41, 5.74) is 1.01. The molecule has 150 valence electrons. The van der Waals surface area contributed by atoms with Crippen LogP contribution in [0.25, 0.3) is 11.8 Å². The van der Waals surface area contributed by atoms with Crippen LogP contribution in [0.5, 0.6) is 0 Å². The van der Waals surface area contributed by atoms with E-state index in [4.69, 9.17) is 9.15 Å². The number of para-hydroxylation sites is 1. The van der Waals surface area contributed by atoms with Crippen LogP contribution in [0.15, 0.2) is 64.0 Å². The lowest BCUT2D eigenvalue weighted by atomic mass is 10.3. The van der Waals surface area contributed by atoms with Crippen molar-refractivity contribution in [1.29, 1.82) is 0 Å². The molecule has 1 atom stereocenters. The summed E-state index contributed by atoms with van der Waals surface area (Å²) < 4.78 is 13.3. The van der Waals surface area contributed by atoms with Gasteiger partial charge in [-0.2, -0.15) is 0 Å². The van der Waals surface area contributed by atoms with E-state index in [0.717, 1.165) is 0 Å². The highest BCUT2D eigenvalue weighted by atomic mass is 16.5. The monoisotopic (exact) mass is 395 g/mol. The Hall–Kier alpha value is -3.81. The fourth-order valence-corrected chi connectivity index (χ4v) is 2.74. The van der Waals surface area contributed by atoms with Gasteiger partial charge in [-0.25, -0.2) is 9.48 Å². The second-order valence-electron chi connectivity index (χ2n) is 6.35. The average molecular weight is 395 g/mol. The minimum atomic E-state index is -1.09. The Kier molecular flexibility index (Phi) is 5.82. The van der Waals surface area contributed by atoms with E-state index in [1.165, 1.54) is 30.0 Å². The summed E-state index contributed by atoms with van der Waals surface area (Å²) >= 11 is 0. The Morgan fingerprint density at radius 3 is 2.55 bits per heavy atom. The van der Waals surface area contributed by atoms with Gasteiger partial charge in [0.15, 0.2) is 6.10 Å². The predicted octanol–water partition coefficient (Wildman–Crippen LogP) is 2.66. The minimum Gasteiger partial charge on any atom is -0.465 e. The zero-order valence-electron chi connectivity index (χ0n) is 16.3. The first-order chi connectivity index (χ1) is 13.9. The lowest BCUT2D eigenvalue weighted by Crippen LogP contribution is -2.31. The number of ether oxygens (including phenoxy) is 1. The van der Waals surface area contributed by atoms with E-state index in [0.29, 0.717) is 17.1 Å². The molecule has 0 radical (unpaired) electrons. The normalized spacial score (nSPS) is 12.1. The third-order valence-electron chi connectivity index (χ3n) is 4.39. The number of carbonyl (C=O) groups is 2. The Balaban J connectivity index is 1.72. The van der Waals surface area contributed by atoms with Crippen LogP contribution >= 0.6 is 0 Å². The van der Waals surface area contributed by atoms with Gasteiger partial charge in [-0.05, 0) is 44.2 Å². The Labute approximate surface area is 167 Å². The summed E-state index contributed by atoms with van der Waals surface area (Å²) in [4.78, 5) is 37.2. The average Bonchev–Trinajstić information content (AvgIpc) is 3.30. The molecule has 2 aromatic heterocycles. The molecule has 0 saturated carbocycles. The largest absolute Gasteiger partial charge is 0.465 e. The van der Waals surface area contributed by atoms with E-state index >= 15 is 0 Å². The molecular weight excluding hydrogens is 374 g/mol. The summed E-state index contributed by atoms with van der Waals surface area (Å²) in [7, 11) is 1.72. The van der Waals surface area contributed by atoms with Gasteiger partial charge in [-0.3, -0.25) is 14.3 Å². The second kappa shape index (κ2) is 8.47. The molecule has 1 aromatic carbocycles. The van der Waals surface area contributed by atoms with Crippen molar-refractivity contribution in [2.45, 2.75) is 20.0 Å². The summed E-state index contributed by atoms with van der Waals surface area (Å²) in [5.74, 6) is -0.813. The maximum absolute atomic E-state index is 12.8. The van der Waals surface area contributed by atoms with E-state index in [9.17, 15) is 14.4 Å². The number of hydrogen-bond donors (Lipinski definition) is 1. The van der Waals surface area contributed by atoms with Crippen LogP contribution < -0.4 is 10.9 Å². The third kappa shape index (κ3) is 4.37. The molecule has 3 aromatic rings. The second-order valence-corrected chi connectivity index (χ2v) is 6.35. The zero-order valence-corrected chi connectivity index (χ0v) is 16.3. The van der Waals surface area contributed by atoms with Gasteiger partial charge in [0.1, 0.15) is 11.4 Å². The minimum absolute atomic E-state index is 0.135. The number of furan rings is 1. The van der Waals surface area contributed by atoms with E-state index < -0.39 is 18.0 Å². The van der Waals surface area contributed by atoms with Crippen molar-refractivity contribution < 1.29 is 18.7 Å². The molecule has 0 aliphatic rings. The fraction of sp³-hybridized carbons (Fsp3) is 0.190. The van der Waals surface area contributed by atoms with Gasteiger partial charge < -0.3 is 14.5 Å². The van der Waals surface area contributed by atoms with Crippen LogP contribution in [0.2, 0.25) is 0 Å². The molecular formula is C21H21N3O5. The van der Waals surface area contributed by atoms with Gasteiger partial charge in [0.05, 0.1) is 17.6 Å². The molecule has 8 heteroatoms.